The number of hydrogen-bond acceptors (Lipinski definition) is 8. The minimum atomic E-state index is -0.223. The predicted molar refractivity (Wildman–Crippen MR) is 592 cm³/mol. The maximum absolute atomic E-state index is 6.35. The van der Waals surface area contributed by atoms with Crippen LogP contribution < -0.4 is 0 Å². The van der Waals surface area contributed by atoms with Crippen molar-refractivity contribution in [2.45, 2.75) is 77.0 Å². The molecule has 26 aromatic rings. The fourth-order valence-electron chi connectivity index (χ4n) is 24.6. The molecule has 0 N–H and O–H groups in total. The van der Waals surface area contributed by atoms with Crippen molar-refractivity contribution in [3.05, 3.63) is 463 Å². The molecule has 0 atom stereocenters. The lowest BCUT2D eigenvalue weighted by Crippen LogP contribution is -2.17. The first-order chi connectivity index (χ1) is 70.0. The summed E-state index contributed by atoms with van der Waals surface area (Å²) in [5.41, 5.74) is 40.4. The average molecular weight is 1850 g/mol. The highest BCUT2D eigenvalue weighted by Crippen LogP contribution is 2.58. The van der Waals surface area contributed by atoms with Crippen molar-refractivity contribution < 1.29 is 4.42 Å². The van der Waals surface area contributed by atoms with Gasteiger partial charge >= 0.3 is 0 Å². The molecule has 678 valence electrons. The zero-order valence-corrected chi connectivity index (χ0v) is 81.0. The highest BCUT2D eigenvalue weighted by Gasteiger charge is 2.45. The topological polar surface area (TPSA) is 105 Å². The maximum Gasteiger partial charge on any atom is 0.160 e. The zero-order chi connectivity index (χ0) is 95.6. The smallest absolute Gasteiger partial charge is 0.160 e. The number of benzene rings is 18. The van der Waals surface area contributed by atoms with Crippen molar-refractivity contribution in [2.75, 3.05) is 0 Å². The molecule has 0 unspecified atom stereocenters. The van der Waals surface area contributed by atoms with Gasteiger partial charge in [0.25, 0.3) is 0 Å². The SMILES string of the molecule is CC1(C)c2ccccc2-c2c1ccc1c3ccccc3n(-c3ccc(-c4nc(-c5ccccc5)c5c(n4)-c4ccccc4C5(C)C)cc3)c21.CC1(C)c2ccccc2-c2nc(-c3cccc(-n4c5ccccc5c5ccc6oc7ccccc7c6c54)c3)nc(-c3ccccc3)c21.CC1(C)c2ccccc2-c2nc(-c3cccc(-n4c5ccccc5c5ccc6sc7ccccc7c6c54)c3)nc(-c3ccccc3)c21. The van der Waals surface area contributed by atoms with Gasteiger partial charge in [0.2, 0.25) is 0 Å². The van der Waals surface area contributed by atoms with Gasteiger partial charge < -0.3 is 18.1 Å². The fourth-order valence-corrected chi connectivity index (χ4v) is 25.7. The van der Waals surface area contributed by atoms with Crippen molar-refractivity contribution in [2.24, 2.45) is 0 Å². The van der Waals surface area contributed by atoms with Crippen LogP contribution in [0.2, 0.25) is 0 Å². The van der Waals surface area contributed by atoms with Gasteiger partial charge in [-0.05, 0) is 130 Å². The number of para-hydroxylation sites is 4. The quantitative estimate of drug-likeness (QED) is 0.142. The van der Waals surface area contributed by atoms with Crippen LogP contribution in [-0.4, -0.2) is 43.6 Å². The van der Waals surface area contributed by atoms with Gasteiger partial charge in [0, 0.05) is 169 Å². The molecule has 8 heterocycles. The van der Waals surface area contributed by atoms with E-state index < -0.39 is 0 Å². The molecule has 0 fully saturated rings. The Labute approximate surface area is 830 Å². The van der Waals surface area contributed by atoms with E-state index >= 15 is 0 Å². The third-order valence-electron chi connectivity index (χ3n) is 31.1. The maximum atomic E-state index is 6.35. The van der Waals surface area contributed by atoms with Crippen LogP contribution in [0.25, 0.3) is 237 Å². The lowest BCUT2D eigenvalue weighted by molar-refractivity contribution is 0.657. The van der Waals surface area contributed by atoms with Crippen LogP contribution in [0.5, 0.6) is 0 Å². The van der Waals surface area contributed by atoms with E-state index in [1.165, 1.54) is 147 Å². The van der Waals surface area contributed by atoms with Gasteiger partial charge in [0.05, 0.1) is 72.6 Å². The first kappa shape index (κ1) is 83.8. The standard InChI is InChI=1S/C46H35N3.C43H29N3O.C43H29N3S/c1-45(2)35-19-11-8-17-33(35)39-37(45)27-26-32-31-16-10-13-21-38(31)49(43(32)39)30-24-22-29(23-25-30)44-47-41(28-14-6-5-7-15-28)40-42(48-44)34-18-9-12-20-36(34)46(40,3)4;2*1-43(2)33-20-9-6-18-31(33)40-38(43)39(26-13-4-3-5-14-26)44-42(45-40)27-15-12-16-28(25-27)46-34-21-10-7-17-29(34)30-23-24-36-37(41(30)46)32-19-8-11-22-35(32)47-36/h5-27H,1-4H3;2*3-25H,1-2H3. The van der Waals surface area contributed by atoms with Gasteiger partial charge in [-0.15, -0.1) is 11.3 Å². The largest absolute Gasteiger partial charge is 0.456 e. The number of furan rings is 1. The summed E-state index contributed by atoms with van der Waals surface area (Å²) in [7, 11) is 0. The normalized spacial score (nSPS) is 14.0. The van der Waals surface area contributed by atoms with E-state index in [9.17, 15) is 0 Å². The van der Waals surface area contributed by atoms with E-state index in [1.807, 2.05) is 23.5 Å². The molecule has 30 rings (SSSR count). The van der Waals surface area contributed by atoms with Crippen LogP contribution in [0.4, 0.5) is 0 Å². The Morgan fingerprint density at radius 1 is 0.217 bits per heavy atom. The van der Waals surface area contributed by atoms with E-state index in [-0.39, 0.29) is 21.7 Å². The fraction of sp³-hybridized carbons (Fsp3) is 0.0909. The number of aromatic nitrogens is 9. The summed E-state index contributed by atoms with van der Waals surface area (Å²) in [5.74, 6) is 2.20. The van der Waals surface area contributed by atoms with Gasteiger partial charge in [-0.25, -0.2) is 29.9 Å². The molecule has 18 aromatic carbocycles. The van der Waals surface area contributed by atoms with Crippen LogP contribution in [-0.2, 0) is 21.7 Å². The average Bonchev–Trinajstić information content (AvgIpc) is 1.53. The molecular weight excluding hydrogens is 1760 g/mol. The second kappa shape index (κ2) is 31.6. The summed E-state index contributed by atoms with van der Waals surface area (Å²) < 4.78 is 16.2. The van der Waals surface area contributed by atoms with Crippen molar-refractivity contribution in [1.82, 2.24) is 43.6 Å². The van der Waals surface area contributed by atoms with E-state index in [1.54, 1.807) is 0 Å². The second-order valence-electron chi connectivity index (χ2n) is 40.6. The van der Waals surface area contributed by atoms with Gasteiger partial charge in [-0.1, -0.05) is 377 Å². The Bertz CT molecular complexity index is 9480. The Balaban J connectivity index is 0.000000105. The zero-order valence-electron chi connectivity index (χ0n) is 80.2. The molecule has 0 aliphatic heterocycles. The Hall–Kier alpha value is -17.4. The lowest BCUT2D eigenvalue weighted by Gasteiger charge is -2.23. The summed E-state index contributed by atoms with van der Waals surface area (Å²) in [5, 5.41) is 12.3. The van der Waals surface area contributed by atoms with Crippen LogP contribution in [0.1, 0.15) is 99.9 Å². The molecular formula is C132H93N9OS. The molecule has 0 bridgehead atoms. The molecule has 4 aliphatic rings. The van der Waals surface area contributed by atoms with Crippen molar-refractivity contribution in [3.8, 4) is 130 Å². The minimum absolute atomic E-state index is 0.0696. The van der Waals surface area contributed by atoms with Crippen molar-refractivity contribution in [3.63, 3.8) is 0 Å². The first-order valence-electron chi connectivity index (χ1n) is 49.4. The molecule has 0 radical (unpaired) electrons. The van der Waals surface area contributed by atoms with E-state index in [0.717, 1.165) is 135 Å². The van der Waals surface area contributed by atoms with E-state index in [2.05, 4.69) is 476 Å². The molecule has 4 aliphatic carbocycles. The van der Waals surface area contributed by atoms with Crippen LogP contribution in [0.15, 0.2) is 423 Å². The monoisotopic (exact) mass is 1850 g/mol. The highest BCUT2D eigenvalue weighted by atomic mass is 32.1. The number of nitrogens with zero attached hydrogens (tertiary/aromatic N) is 9. The Morgan fingerprint density at radius 2 is 0.573 bits per heavy atom. The van der Waals surface area contributed by atoms with Gasteiger partial charge in [0.1, 0.15) is 11.2 Å². The number of rotatable bonds is 9. The molecule has 8 aromatic heterocycles. The number of hydrogen-bond donors (Lipinski definition) is 0. The van der Waals surface area contributed by atoms with Crippen LogP contribution in [0.3, 0.4) is 0 Å². The summed E-state index contributed by atoms with van der Waals surface area (Å²) in [6.07, 6.45) is 0. The molecule has 143 heavy (non-hydrogen) atoms. The Morgan fingerprint density at radius 3 is 1.06 bits per heavy atom. The lowest BCUT2D eigenvalue weighted by atomic mass is 9.81. The summed E-state index contributed by atoms with van der Waals surface area (Å²) in [6.45, 7) is 18.5. The molecule has 0 saturated carbocycles. The summed E-state index contributed by atoms with van der Waals surface area (Å²) in [6, 6.07) is 150. The van der Waals surface area contributed by atoms with Crippen LogP contribution in [0, 0.1) is 0 Å². The van der Waals surface area contributed by atoms with Crippen LogP contribution >= 0.6 is 11.3 Å². The second-order valence-corrected chi connectivity index (χ2v) is 41.7. The van der Waals surface area contributed by atoms with Gasteiger partial charge in [-0.3, -0.25) is 0 Å². The van der Waals surface area contributed by atoms with E-state index in [0.29, 0.717) is 0 Å². The number of thiophene rings is 1. The summed E-state index contributed by atoms with van der Waals surface area (Å²) in [4.78, 5) is 32.1. The first-order valence-corrected chi connectivity index (χ1v) is 50.2. The molecule has 11 heteroatoms. The van der Waals surface area contributed by atoms with Gasteiger partial charge in [-0.2, -0.15) is 0 Å². The number of fused-ring (bicyclic) bond motifs is 30. The molecule has 0 amide bonds. The Kier molecular flexibility index (Phi) is 18.5. The highest BCUT2D eigenvalue weighted by molar-refractivity contribution is 7.26. The third-order valence-corrected chi connectivity index (χ3v) is 32.3. The molecule has 0 saturated heterocycles. The minimum Gasteiger partial charge on any atom is -0.456 e. The molecule has 0 spiro atoms. The van der Waals surface area contributed by atoms with Crippen molar-refractivity contribution in [1.29, 1.82) is 0 Å². The molecule has 10 nitrogen and oxygen atoms in total. The summed E-state index contributed by atoms with van der Waals surface area (Å²) >= 11 is 1.86. The van der Waals surface area contributed by atoms with E-state index in [4.69, 9.17) is 34.3 Å². The predicted octanol–water partition coefficient (Wildman–Crippen LogP) is 34.2. The van der Waals surface area contributed by atoms with Crippen molar-refractivity contribution >= 4 is 119 Å². The third kappa shape index (κ3) is 12.5. The van der Waals surface area contributed by atoms with Gasteiger partial charge in [0.15, 0.2) is 17.5 Å².